The highest BCUT2D eigenvalue weighted by Gasteiger charge is 2.16. The van der Waals surface area contributed by atoms with Gasteiger partial charge in [-0.25, -0.2) is 4.98 Å². The van der Waals surface area contributed by atoms with Crippen molar-refractivity contribution in [3.8, 4) is 5.88 Å². The molecule has 3 nitrogen and oxygen atoms in total. The summed E-state index contributed by atoms with van der Waals surface area (Å²) in [6.45, 7) is 10.2. The summed E-state index contributed by atoms with van der Waals surface area (Å²) in [5.74, 6) is 1.55. The van der Waals surface area contributed by atoms with Crippen LogP contribution in [0.2, 0.25) is 0 Å². The lowest BCUT2D eigenvalue weighted by Gasteiger charge is -2.23. The van der Waals surface area contributed by atoms with Gasteiger partial charge >= 0.3 is 0 Å². The van der Waals surface area contributed by atoms with Gasteiger partial charge in [0.25, 0.3) is 0 Å². The fourth-order valence-corrected chi connectivity index (χ4v) is 3.02. The normalized spacial score (nSPS) is 16.4. The predicted octanol–water partition coefficient (Wildman–Crippen LogP) is 4.16. The van der Waals surface area contributed by atoms with Crippen molar-refractivity contribution in [1.29, 1.82) is 0 Å². The molecule has 1 aromatic rings. The molecule has 1 heterocycles. The van der Waals surface area contributed by atoms with E-state index in [2.05, 4.69) is 37.1 Å². The summed E-state index contributed by atoms with van der Waals surface area (Å²) in [5, 5.41) is 3.48. The first kappa shape index (κ1) is 16.3. The van der Waals surface area contributed by atoms with Crippen LogP contribution < -0.4 is 10.1 Å². The molecule has 1 saturated carbocycles. The standard InChI is InChI=1S/C18H30N2O/c1-13(2)19-11-17-14(3)10-15(4)20-18(17)21-12-16-8-6-5-7-9-16/h10,13,16,19H,5-9,11-12H2,1-4H3. The fraction of sp³-hybridized carbons (Fsp3) is 0.722. The van der Waals surface area contributed by atoms with Gasteiger partial charge < -0.3 is 10.1 Å². The highest BCUT2D eigenvalue weighted by molar-refractivity contribution is 5.35. The number of aromatic nitrogens is 1. The second-order valence-corrected chi connectivity index (χ2v) is 6.71. The molecule has 1 aromatic heterocycles. The monoisotopic (exact) mass is 290 g/mol. The second kappa shape index (κ2) is 7.79. The van der Waals surface area contributed by atoms with Crippen molar-refractivity contribution in [3.63, 3.8) is 0 Å². The number of hydrogen-bond donors (Lipinski definition) is 1. The molecule has 0 radical (unpaired) electrons. The zero-order valence-electron chi connectivity index (χ0n) is 14.0. The van der Waals surface area contributed by atoms with Crippen molar-refractivity contribution < 1.29 is 4.74 Å². The minimum Gasteiger partial charge on any atom is -0.477 e. The number of rotatable bonds is 6. The van der Waals surface area contributed by atoms with Crippen LogP contribution >= 0.6 is 0 Å². The molecule has 0 atom stereocenters. The van der Waals surface area contributed by atoms with Crippen LogP contribution in [0.25, 0.3) is 0 Å². The molecule has 0 bridgehead atoms. The largest absolute Gasteiger partial charge is 0.477 e. The third-order valence-electron chi connectivity index (χ3n) is 4.31. The van der Waals surface area contributed by atoms with E-state index in [-0.39, 0.29) is 0 Å². The summed E-state index contributed by atoms with van der Waals surface area (Å²) in [6.07, 6.45) is 6.72. The van der Waals surface area contributed by atoms with Crippen LogP contribution in [0.5, 0.6) is 5.88 Å². The van der Waals surface area contributed by atoms with Gasteiger partial charge in [0.1, 0.15) is 0 Å². The molecule has 0 amide bonds. The smallest absolute Gasteiger partial charge is 0.218 e. The highest BCUT2D eigenvalue weighted by Crippen LogP contribution is 2.26. The van der Waals surface area contributed by atoms with Crippen molar-refractivity contribution in [3.05, 3.63) is 22.9 Å². The van der Waals surface area contributed by atoms with Gasteiger partial charge in [0, 0.05) is 23.8 Å². The molecule has 21 heavy (non-hydrogen) atoms. The zero-order valence-corrected chi connectivity index (χ0v) is 14.0. The molecule has 1 aliphatic carbocycles. The van der Waals surface area contributed by atoms with Crippen molar-refractivity contribution in [2.75, 3.05) is 6.61 Å². The van der Waals surface area contributed by atoms with Crippen LogP contribution in [0.4, 0.5) is 0 Å². The minimum atomic E-state index is 0.469. The molecule has 0 spiro atoms. The first-order valence-electron chi connectivity index (χ1n) is 8.39. The Kier molecular flexibility index (Phi) is 6.04. The maximum absolute atomic E-state index is 6.12. The van der Waals surface area contributed by atoms with Gasteiger partial charge in [0.2, 0.25) is 5.88 Å². The van der Waals surface area contributed by atoms with Crippen LogP contribution in [0.3, 0.4) is 0 Å². The molecule has 2 rings (SSSR count). The third kappa shape index (κ3) is 4.99. The third-order valence-corrected chi connectivity index (χ3v) is 4.31. The Hall–Kier alpha value is -1.09. The Bertz CT molecular complexity index is 451. The zero-order chi connectivity index (χ0) is 15.2. The van der Waals surface area contributed by atoms with Crippen molar-refractivity contribution >= 4 is 0 Å². The van der Waals surface area contributed by atoms with Gasteiger partial charge in [-0.15, -0.1) is 0 Å². The topological polar surface area (TPSA) is 34.1 Å². The lowest BCUT2D eigenvalue weighted by Crippen LogP contribution is -2.24. The van der Waals surface area contributed by atoms with E-state index in [1.54, 1.807) is 0 Å². The van der Waals surface area contributed by atoms with Crippen LogP contribution in [0.1, 0.15) is 62.8 Å². The lowest BCUT2D eigenvalue weighted by atomic mass is 9.90. The maximum atomic E-state index is 6.12. The molecular formula is C18H30N2O. The van der Waals surface area contributed by atoms with E-state index < -0.39 is 0 Å². The molecule has 0 unspecified atom stereocenters. The molecule has 118 valence electrons. The van der Waals surface area contributed by atoms with Gasteiger partial charge in [-0.1, -0.05) is 33.1 Å². The quantitative estimate of drug-likeness (QED) is 0.854. The summed E-state index contributed by atoms with van der Waals surface area (Å²) >= 11 is 0. The molecule has 3 heteroatoms. The molecule has 1 aliphatic rings. The Morgan fingerprint density at radius 3 is 2.62 bits per heavy atom. The minimum absolute atomic E-state index is 0.469. The van der Waals surface area contributed by atoms with Gasteiger partial charge in [-0.2, -0.15) is 0 Å². The summed E-state index contributed by atoms with van der Waals surface area (Å²) in [4.78, 5) is 4.63. The van der Waals surface area contributed by atoms with Gasteiger partial charge in [-0.05, 0) is 44.2 Å². The van der Waals surface area contributed by atoms with Crippen LogP contribution in [0, 0.1) is 19.8 Å². The maximum Gasteiger partial charge on any atom is 0.218 e. The molecule has 0 aliphatic heterocycles. The number of pyridine rings is 1. The van der Waals surface area contributed by atoms with Crippen molar-refractivity contribution in [2.24, 2.45) is 5.92 Å². The van der Waals surface area contributed by atoms with E-state index in [1.165, 1.54) is 43.2 Å². The average molecular weight is 290 g/mol. The molecule has 1 fully saturated rings. The molecule has 0 saturated heterocycles. The molecule has 0 aromatic carbocycles. The Balaban J connectivity index is 2.04. The fourth-order valence-electron chi connectivity index (χ4n) is 3.02. The lowest BCUT2D eigenvalue weighted by molar-refractivity contribution is 0.200. The summed E-state index contributed by atoms with van der Waals surface area (Å²) < 4.78 is 6.12. The van der Waals surface area contributed by atoms with Crippen LogP contribution in [-0.4, -0.2) is 17.6 Å². The van der Waals surface area contributed by atoms with E-state index in [4.69, 9.17) is 4.74 Å². The SMILES string of the molecule is Cc1cc(C)c(CNC(C)C)c(OCC2CCCCC2)n1. The summed E-state index contributed by atoms with van der Waals surface area (Å²) in [6, 6.07) is 2.61. The Morgan fingerprint density at radius 2 is 1.95 bits per heavy atom. The van der Waals surface area contributed by atoms with E-state index in [0.717, 1.165) is 24.7 Å². The van der Waals surface area contributed by atoms with Gasteiger partial charge in [-0.3, -0.25) is 0 Å². The molecular weight excluding hydrogens is 260 g/mol. The first-order chi connectivity index (χ1) is 10.1. The number of nitrogens with one attached hydrogen (secondary N) is 1. The highest BCUT2D eigenvalue weighted by atomic mass is 16.5. The number of aryl methyl sites for hydroxylation is 2. The predicted molar refractivity (Wildman–Crippen MR) is 87.8 cm³/mol. The van der Waals surface area contributed by atoms with Crippen molar-refractivity contribution in [1.82, 2.24) is 10.3 Å². The average Bonchev–Trinajstić information content (AvgIpc) is 2.44. The van der Waals surface area contributed by atoms with E-state index in [0.29, 0.717) is 12.0 Å². The van der Waals surface area contributed by atoms with Gasteiger partial charge in [0.05, 0.1) is 6.61 Å². The van der Waals surface area contributed by atoms with Crippen molar-refractivity contribution in [2.45, 2.75) is 72.4 Å². The first-order valence-corrected chi connectivity index (χ1v) is 8.39. The van der Waals surface area contributed by atoms with Gasteiger partial charge in [0.15, 0.2) is 0 Å². The summed E-state index contributed by atoms with van der Waals surface area (Å²) in [5.41, 5.74) is 3.53. The Morgan fingerprint density at radius 1 is 1.24 bits per heavy atom. The molecule has 1 N–H and O–H groups in total. The number of ether oxygens (including phenoxy) is 1. The Labute approximate surface area is 129 Å². The van der Waals surface area contributed by atoms with Crippen LogP contribution in [-0.2, 0) is 6.54 Å². The van der Waals surface area contributed by atoms with E-state index in [9.17, 15) is 0 Å². The second-order valence-electron chi connectivity index (χ2n) is 6.71. The summed E-state index contributed by atoms with van der Waals surface area (Å²) in [7, 11) is 0. The number of nitrogens with zero attached hydrogens (tertiary/aromatic N) is 1. The number of hydrogen-bond acceptors (Lipinski definition) is 3. The van der Waals surface area contributed by atoms with E-state index >= 15 is 0 Å². The van der Waals surface area contributed by atoms with Crippen LogP contribution in [0.15, 0.2) is 6.07 Å². The van der Waals surface area contributed by atoms with E-state index in [1.807, 2.05) is 6.92 Å².